The number of likely N-dealkylation sites (tertiary alicyclic amines) is 1. The number of fused-ring (bicyclic) bond motifs is 1. The van der Waals surface area contributed by atoms with E-state index in [9.17, 15) is 9.90 Å². The summed E-state index contributed by atoms with van der Waals surface area (Å²) in [5, 5.41) is 11.5. The van der Waals surface area contributed by atoms with Gasteiger partial charge in [-0.1, -0.05) is 43.2 Å². The van der Waals surface area contributed by atoms with Gasteiger partial charge >= 0.3 is 0 Å². The summed E-state index contributed by atoms with van der Waals surface area (Å²) < 4.78 is 11.4. The summed E-state index contributed by atoms with van der Waals surface area (Å²) in [5.74, 6) is 1.29. The van der Waals surface area contributed by atoms with Crippen molar-refractivity contribution in [3.63, 3.8) is 0 Å². The number of amides is 1. The number of piperidine rings is 1. The zero-order valence-electron chi connectivity index (χ0n) is 17.8. The van der Waals surface area contributed by atoms with Crippen molar-refractivity contribution in [2.45, 2.75) is 50.7 Å². The number of para-hydroxylation sites is 2. The second-order valence-corrected chi connectivity index (χ2v) is 8.32. The van der Waals surface area contributed by atoms with Crippen LogP contribution < -0.4 is 9.47 Å². The first-order valence-corrected chi connectivity index (χ1v) is 11.0. The van der Waals surface area contributed by atoms with E-state index in [2.05, 4.69) is 0 Å². The summed E-state index contributed by atoms with van der Waals surface area (Å²) in [7, 11) is 1.59. The molecular formula is C25H31NO4. The highest BCUT2D eigenvalue weighted by Gasteiger charge is 2.51. The molecule has 1 aliphatic carbocycles. The molecule has 0 radical (unpaired) electrons. The van der Waals surface area contributed by atoms with Gasteiger partial charge in [-0.25, -0.2) is 0 Å². The van der Waals surface area contributed by atoms with Crippen LogP contribution in [0.5, 0.6) is 11.5 Å². The summed E-state index contributed by atoms with van der Waals surface area (Å²) >= 11 is 0. The Hall–Kier alpha value is -2.53. The molecule has 160 valence electrons. The van der Waals surface area contributed by atoms with Crippen LogP contribution >= 0.6 is 0 Å². The zero-order valence-corrected chi connectivity index (χ0v) is 17.8. The highest BCUT2D eigenvalue weighted by Crippen LogP contribution is 2.51. The van der Waals surface area contributed by atoms with E-state index < -0.39 is 5.60 Å². The first-order valence-electron chi connectivity index (χ1n) is 11.0. The van der Waals surface area contributed by atoms with E-state index in [-0.39, 0.29) is 17.9 Å². The maximum Gasteiger partial charge on any atom is 0.258 e. The third kappa shape index (κ3) is 3.67. The van der Waals surface area contributed by atoms with Gasteiger partial charge in [-0.05, 0) is 44.4 Å². The maximum absolute atomic E-state index is 13.7. The van der Waals surface area contributed by atoms with E-state index in [0.717, 1.165) is 37.0 Å². The standard InChI is InChI=1S/C25H31NO4/c1-3-30-22-14-7-4-10-18(22)23-20-12-8-9-15-25(20,28)16-17-26(23)24(27)19-11-5-6-13-21(19)29-2/h4-7,10-11,13-14,20,23,28H,3,8-9,12,15-17H2,1-2H3/t20-,23+,25+/m0/s1. The molecule has 3 atom stereocenters. The number of carbonyl (C=O) groups excluding carboxylic acids is 1. The van der Waals surface area contributed by atoms with Gasteiger partial charge in [-0.3, -0.25) is 4.79 Å². The molecule has 2 aromatic rings. The van der Waals surface area contributed by atoms with Gasteiger partial charge in [0.1, 0.15) is 11.5 Å². The molecule has 1 saturated heterocycles. The lowest BCUT2D eigenvalue weighted by Gasteiger charge is -2.52. The Bertz CT molecular complexity index is 898. The van der Waals surface area contributed by atoms with Crippen LogP contribution in [0.4, 0.5) is 0 Å². The van der Waals surface area contributed by atoms with E-state index in [0.29, 0.717) is 30.9 Å². The van der Waals surface area contributed by atoms with Gasteiger partial charge in [-0.2, -0.15) is 0 Å². The summed E-state index contributed by atoms with van der Waals surface area (Å²) in [4.78, 5) is 15.7. The first-order chi connectivity index (χ1) is 14.6. The maximum atomic E-state index is 13.7. The van der Waals surface area contributed by atoms with Crippen molar-refractivity contribution in [3.8, 4) is 11.5 Å². The van der Waals surface area contributed by atoms with E-state index in [1.54, 1.807) is 7.11 Å². The van der Waals surface area contributed by atoms with Crippen molar-refractivity contribution in [1.29, 1.82) is 0 Å². The minimum Gasteiger partial charge on any atom is -0.496 e. The molecule has 5 heteroatoms. The summed E-state index contributed by atoms with van der Waals surface area (Å²) in [6, 6.07) is 15.1. The van der Waals surface area contributed by atoms with E-state index >= 15 is 0 Å². The van der Waals surface area contributed by atoms with Crippen LogP contribution in [0.2, 0.25) is 0 Å². The molecule has 1 amide bonds. The molecule has 0 bridgehead atoms. The minimum atomic E-state index is -0.736. The minimum absolute atomic E-state index is 0.0136. The lowest BCUT2D eigenvalue weighted by molar-refractivity contribution is -0.115. The number of benzene rings is 2. The van der Waals surface area contributed by atoms with Crippen molar-refractivity contribution in [2.24, 2.45) is 5.92 Å². The fourth-order valence-electron chi connectivity index (χ4n) is 5.28. The second-order valence-electron chi connectivity index (χ2n) is 8.32. The predicted molar refractivity (Wildman–Crippen MR) is 116 cm³/mol. The normalized spacial score (nSPS) is 26.0. The van der Waals surface area contributed by atoms with E-state index in [1.165, 1.54) is 0 Å². The number of nitrogens with zero attached hydrogens (tertiary/aromatic N) is 1. The van der Waals surface area contributed by atoms with Crippen molar-refractivity contribution >= 4 is 5.91 Å². The molecule has 0 spiro atoms. The monoisotopic (exact) mass is 409 g/mol. The molecule has 0 aromatic heterocycles. The number of aliphatic hydroxyl groups is 1. The summed E-state index contributed by atoms with van der Waals surface area (Å²) in [6.45, 7) is 3.03. The lowest BCUT2D eigenvalue weighted by atomic mass is 9.66. The Morgan fingerprint density at radius 2 is 1.83 bits per heavy atom. The van der Waals surface area contributed by atoms with Gasteiger partial charge in [0.05, 0.1) is 30.9 Å². The molecule has 5 nitrogen and oxygen atoms in total. The third-order valence-corrected chi connectivity index (χ3v) is 6.70. The van der Waals surface area contributed by atoms with Crippen molar-refractivity contribution < 1.29 is 19.4 Å². The molecule has 2 aromatic carbocycles. The van der Waals surface area contributed by atoms with Gasteiger partial charge in [0, 0.05) is 18.0 Å². The van der Waals surface area contributed by atoms with Crippen LogP contribution in [-0.2, 0) is 0 Å². The fraction of sp³-hybridized carbons (Fsp3) is 0.480. The molecule has 4 rings (SSSR count). The average Bonchev–Trinajstić information content (AvgIpc) is 2.78. The average molecular weight is 410 g/mol. The van der Waals surface area contributed by atoms with Crippen LogP contribution in [0.25, 0.3) is 0 Å². The molecule has 0 unspecified atom stereocenters. The van der Waals surface area contributed by atoms with Crippen LogP contribution in [0.1, 0.15) is 61.0 Å². The Morgan fingerprint density at radius 3 is 2.60 bits per heavy atom. The van der Waals surface area contributed by atoms with Gasteiger partial charge in [0.15, 0.2) is 0 Å². The van der Waals surface area contributed by atoms with Crippen LogP contribution in [0.15, 0.2) is 48.5 Å². The van der Waals surface area contributed by atoms with Gasteiger partial charge < -0.3 is 19.5 Å². The van der Waals surface area contributed by atoms with Crippen molar-refractivity contribution in [1.82, 2.24) is 4.90 Å². The Morgan fingerprint density at radius 1 is 1.10 bits per heavy atom. The number of rotatable bonds is 5. The molecule has 30 heavy (non-hydrogen) atoms. The van der Waals surface area contributed by atoms with E-state index in [4.69, 9.17) is 9.47 Å². The van der Waals surface area contributed by atoms with Crippen molar-refractivity contribution in [3.05, 3.63) is 59.7 Å². The quantitative estimate of drug-likeness (QED) is 0.784. The molecule has 1 saturated carbocycles. The molecule has 1 N–H and O–H groups in total. The molecular weight excluding hydrogens is 378 g/mol. The summed E-state index contributed by atoms with van der Waals surface area (Å²) in [5.41, 5.74) is 0.799. The number of methoxy groups -OCH3 is 1. The van der Waals surface area contributed by atoms with Gasteiger partial charge in [-0.15, -0.1) is 0 Å². The smallest absolute Gasteiger partial charge is 0.258 e. The highest BCUT2D eigenvalue weighted by atomic mass is 16.5. The van der Waals surface area contributed by atoms with E-state index in [1.807, 2.05) is 60.4 Å². The SMILES string of the molecule is CCOc1ccccc1[C@@H]1[C@@H]2CCCC[C@@]2(O)CCN1C(=O)c1ccccc1OC. The van der Waals surface area contributed by atoms with Gasteiger partial charge in [0.25, 0.3) is 5.91 Å². The first kappa shape index (κ1) is 20.7. The number of carbonyl (C=O) groups is 1. The molecule has 1 heterocycles. The van der Waals surface area contributed by atoms with Crippen LogP contribution in [0.3, 0.4) is 0 Å². The van der Waals surface area contributed by atoms with Gasteiger partial charge in [0.2, 0.25) is 0 Å². The predicted octanol–water partition coefficient (Wildman–Crippen LogP) is 4.60. The van der Waals surface area contributed by atoms with Crippen LogP contribution in [-0.4, -0.2) is 41.8 Å². The number of hydrogen-bond donors (Lipinski definition) is 1. The molecule has 1 aliphatic heterocycles. The third-order valence-electron chi connectivity index (χ3n) is 6.70. The summed E-state index contributed by atoms with van der Waals surface area (Å²) in [6.07, 6.45) is 4.40. The second kappa shape index (κ2) is 8.68. The lowest BCUT2D eigenvalue weighted by Crippen LogP contribution is -2.56. The topological polar surface area (TPSA) is 59.0 Å². The fourth-order valence-corrected chi connectivity index (χ4v) is 5.28. The highest BCUT2D eigenvalue weighted by molar-refractivity contribution is 5.97. The number of ether oxygens (including phenoxy) is 2. The molecule has 2 fully saturated rings. The Balaban J connectivity index is 1.80. The Kier molecular flexibility index (Phi) is 6.00. The Labute approximate surface area is 178 Å². The number of hydrogen-bond acceptors (Lipinski definition) is 4. The zero-order chi connectivity index (χ0) is 21.1. The molecule has 2 aliphatic rings. The largest absolute Gasteiger partial charge is 0.496 e. The van der Waals surface area contributed by atoms with Crippen LogP contribution in [0, 0.1) is 5.92 Å². The van der Waals surface area contributed by atoms with Crippen molar-refractivity contribution in [2.75, 3.05) is 20.3 Å².